The second kappa shape index (κ2) is 6.27. The van der Waals surface area contributed by atoms with E-state index in [9.17, 15) is 4.79 Å². The van der Waals surface area contributed by atoms with Crippen molar-refractivity contribution in [2.24, 2.45) is 5.73 Å². The van der Waals surface area contributed by atoms with Crippen LogP contribution in [0.15, 0.2) is 30.5 Å². The molecule has 6 nitrogen and oxygen atoms in total. The quantitative estimate of drug-likeness (QED) is 0.915. The number of hydrogen-bond acceptors (Lipinski definition) is 5. The number of nitrogens with zero attached hydrogens (tertiary/aromatic N) is 4. The minimum Gasteiger partial charge on any atom is -0.351 e. The van der Waals surface area contributed by atoms with E-state index in [0.29, 0.717) is 19.5 Å². The Morgan fingerprint density at radius 1 is 1.27 bits per heavy atom. The lowest BCUT2D eigenvalue weighted by Crippen LogP contribution is -2.53. The number of hydrogen-bond donors (Lipinski definition) is 1. The van der Waals surface area contributed by atoms with Gasteiger partial charge >= 0.3 is 0 Å². The molecule has 116 valence electrons. The molecule has 1 unspecified atom stereocenters. The van der Waals surface area contributed by atoms with E-state index in [-0.39, 0.29) is 11.9 Å². The van der Waals surface area contributed by atoms with Gasteiger partial charge in [0.1, 0.15) is 0 Å². The number of carbonyl (C=O) groups is 1. The zero-order valence-corrected chi connectivity index (χ0v) is 12.8. The highest BCUT2D eigenvalue weighted by Gasteiger charge is 2.25. The van der Waals surface area contributed by atoms with Crippen molar-refractivity contribution in [1.82, 2.24) is 15.1 Å². The van der Waals surface area contributed by atoms with Gasteiger partial charge in [0, 0.05) is 37.0 Å². The smallest absolute Gasteiger partial charge is 0.239 e. The minimum atomic E-state index is -0.385. The molecule has 1 aromatic heterocycles. The van der Waals surface area contributed by atoms with Gasteiger partial charge in [0.25, 0.3) is 0 Å². The summed E-state index contributed by atoms with van der Waals surface area (Å²) in [5.41, 5.74) is 5.84. The van der Waals surface area contributed by atoms with Crippen LogP contribution in [0, 0.1) is 0 Å². The molecule has 0 saturated carbocycles. The highest BCUT2D eigenvalue weighted by Crippen LogP contribution is 2.24. The molecule has 1 aliphatic heterocycles. The number of carbonyl (C=O) groups excluding carboxylic acids is 1. The summed E-state index contributed by atoms with van der Waals surface area (Å²) in [7, 11) is 0. The van der Waals surface area contributed by atoms with Gasteiger partial charge in [-0.2, -0.15) is 5.10 Å². The van der Waals surface area contributed by atoms with Crippen molar-refractivity contribution in [3.8, 4) is 0 Å². The minimum absolute atomic E-state index is 0.0474. The Balaban J connectivity index is 1.75. The summed E-state index contributed by atoms with van der Waals surface area (Å²) in [6.07, 6.45) is 2.45. The first-order valence-electron chi connectivity index (χ1n) is 7.70. The number of fused-ring (bicyclic) bond motifs is 1. The molecule has 6 heteroatoms. The molecule has 0 spiro atoms. The van der Waals surface area contributed by atoms with Gasteiger partial charge in [-0.3, -0.25) is 4.79 Å². The SMILES string of the molecule is CCC(N)C(=O)N1CCN(c2nncc3ccccc23)CC1. The third-order valence-corrected chi connectivity index (χ3v) is 4.20. The van der Waals surface area contributed by atoms with Crippen LogP contribution in [0.25, 0.3) is 10.8 Å². The fourth-order valence-corrected chi connectivity index (χ4v) is 2.79. The monoisotopic (exact) mass is 299 g/mol. The van der Waals surface area contributed by atoms with Crippen molar-refractivity contribution in [2.75, 3.05) is 31.1 Å². The fourth-order valence-electron chi connectivity index (χ4n) is 2.79. The lowest BCUT2D eigenvalue weighted by atomic mass is 10.1. The van der Waals surface area contributed by atoms with Gasteiger partial charge in [-0.25, -0.2) is 0 Å². The van der Waals surface area contributed by atoms with Crippen molar-refractivity contribution in [3.63, 3.8) is 0 Å². The number of piperazine rings is 1. The van der Waals surface area contributed by atoms with E-state index in [1.165, 1.54) is 0 Å². The molecule has 1 saturated heterocycles. The second-order valence-corrected chi connectivity index (χ2v) is 5.58. The molecule has 3 rings (SSSR count). The third kappa shape index (κ3) is 2.74. The van der Waals surface area contributed by atoms with Gasteiger partial charge in [0.15, 0.2) is 5.82 Å². The number of aromatic nitrogens is 2. The average molecular weight is 299 g/mol. The summed E-state index contributed by atoms with van der Waals surface area (Å²) in [6.45, 7) is 4.80. The first-order chi connectivity index (χ1) is 10.7. The molecular formula is C16H21N5O. The van der Waals surface area contributed by atoms with E-state index in [4.69, 9.17) is 5.73 Å². The Labute approximate surface area is 129 Å². The predicted octanol–water partition coefficient (Wildman–Crippen LogP) is 1.02. The molecule has 0 aliphatic carbocycles. The molecule has 2 heterocycles. The summed E-state index contributed by atoms with van der Waals surface area (Å²) in [6, 6.07) is 7.71. The van der Waals surface area contributed by atoms with Crippen LogP contribution in [0.2, 0.25) is 0 Å². The van der Waals surface area contributed by atoms with E-state index in [1.54, 1.807) is 6.20 Å². The van der Waals surface area contributed by atoms with Crippen LogP contribution in [0.3, 0.4) is 0 Å². The third-order valence-electron chi connectivity index (χ3n) is 4.20. The Morgan fingerprint density at radius 2 is 2.00 bits per heavy atom. The average Bonchev–Trinajstić information content (AvgIpc) is 2.60. The maximum absolute atomic E-state index is 12.1. The first-order valence-corrected chi connectivity index (χ1v) is 7.70. The van der Waals surface area contributed by atoms with Crippen LogP contribution < -0.4 is 10.6 Å². The lowest BCUT2D eigenvalue weighted by Gasteiger charge is -2.36. The zero-order valence-electron chi connectivity index (χ0n) is 12.8. The molecule has 22 heavy (non-hydrogen) atoms. The Morgan fingerprint density at radius 3 is 2.73 bits per heavy atom. The zero-order chi connectivity index (χ0) is 15.5. The molecule has 1 aromatic carbocycles. The first kappa shape index (κ1) is 14.7. The standard InChI is InChI=1S/C16H21N5O/c1-2-14(17)16(22)21-9-7-20(8-10-21)15-13-6-4-3-5-12(13)11-18-19-15/h3-6,11,14H,2,7-10,17H2,1H3. The van der Waals surface area contributed by atoms with Crippen LogP contribution in [0.5, 0.6) is 0 Å². The molecule has 1 atom stereocenters. The lowest BCUT2D eigenvalue weighted by molar-refractivity contribution is -0.132. The molecule has 1 aliphatic rings. The number of rotatable bonds is 3. The summed E-state index contributed by atoms with van der Waals surface area (Å²) in [4.78, 5) is 16.2. The molecule has 0 bridgehead atoms. The van der Waals surface area contributed by atoms with Gasteiger partial charge in [-0.05, 0) is 6.42 Å². The number of benzene rings is 1. The van der Waals surface area contributed by atoms with E-state index in [0.717, 1.165) is 29.7 Å². The summed E-state index contributed by atoms with van der Waals surface area (Å²) in [5, 5.41) is 10.6. The van der Waals surface area contributed by atoms with Gasteiger partial charge in [-0.15, -0.1) is 5.10 Å². The van der Waals surface area contributed by atoms with Gasteiger partial charge in [-0.1, -0.05) is 31.2 Å². The van der Waals surface area contributed by atoms with Crippen molar-refractivity contribution >= 4 is 22.5 Å². The Hall–Kier alpha value is -2.21. The van der Waals surface area contributed by atoms with Crippen LogP contribution in [-0.2, 0) is 4.79 Å². The predicted molar refractivity (Wildman–Crippen MR) is 86.6 cm³/mol. The number of nitrogens with two attached hydrogens (primary N) is 1. The van der Waals surface area contributed by atoms with E-state index in [1.807, 2.05) is 30.0 Å². The maximum atomic E-state index is 12.1. The second-order valence-electron chi connectivity index (χ2n) is 5.58. The van der Waals surface area contributed by atoms with Crippen molar-refractivity contribution in [2.45, 2.75) is 19.4 Å². The molecule has 0 radical (unpaired) electrons. The number of anilines is 1. The topological polar surface area (TPSA) is 75.4 Å². The molecular weight excluding hydrogens is 278 g/mol. The van der Waals surface area contributed by atoms with Crippen LogP contribution >= 0.6 is 0 Å². The van der Waals surface area contributed by atoms with Crippen molar-refractivity contribution < 1.29 is 4.79 Å². The summed E-state index contributed by atoms with van der Waals surface area (Å²) < 4.78 is 0. The summed E-state index contributed by atoms with van der Waals surface area (Å²) in [5.74, 6) is 0.941. The Bertz CT molecular complexity index is 661. The van der Waals surface area contributed by atoms with Crippen molar-refractivity contribution in [1.29, 1.82) is 0 Å². The van der Waals surface area contributed by atoms with Gasteiger partial charge in [0.05, 0.1) is 12.2 Å². The van der Waals surface area contributed by atoms with E-state index in [2.05, 4.69) is 21.2 Å². The van der Waals surface area contributed by atoms with E-state index < -0.39 is 0 Å². The van der Waals surface area contributed by atoms with Crippen molar-refractivity contribution in [3.05, 3.63) is 30.5 Å². The van der Waals surface area contributed by atoms with Crippen LogP contribution in [0.4, 0.5) is 5.82 Å². The molecule has 1 amide bonds. The largest absolute Gasteiger partial charge is 0.351 e. The molecule has 2 aromatic rings. The number of amides is 1. The van der Waals surface area contributed by atoms with Gasteiger partial charge in [0.2, 0.25) is 5.91 Å². The van der Waals surface area contributed by atoms with E-state index >= 15 is 0 Å². The summed E-state index contributed by atoms with van der Waals surface area (Å²) >= 11 is 0. The maximum Gasteiger partial charge on any atom is 0.239 e. The van der Waals surface area contributed by atoms with Crippen LogP contribution in [-0.4, -0.2) is 53.2 Å². The normalized spacial score (nSPS) is 16.8. The highest BCUT2D eigenvalue weighted by atomic mass is 16.2. The van der Waals surface area contributed by atoms with Gasteiger partial charge < -0.3 is 15.5 Å². The molecule has 2 N–H and O–H groups in total. The Kier molecular flexibility index (Phi) is 4.20. The fraction of sp³-hybridized carbons (Fsp3) is 0.438. The molecule has 1 fully saturated rings. The van der Waals surface area contributed by atoms with Crippen LogP contribution in [0.1, 0.15) is 13.3 Å². The highest BCUT2D eigenvalue weighted by molar-refractivity contribution is 5.91.